The number of aromatic nitrogens is 2. The van der Waals surface area contributed by atoms with E-state index in [4.69, 9.17) is 0 Å². The number of nitrogens with zero attached hydrogens (tertiary/aromatic N) is 4. The second kappa shape index (κ2) is 9.92. The highest BCUT2D eigenvalue weighted by molar-refractivity contribution is 5.79. The summed E-state index contributed by atoms with van der Waals surface area (Å²) in [5, 5.41) is 7.01. The Bertz CT molecular complexity index is 772. The van der Waals surface area contributed by atoms with Gasteiger partial charge in [-0.15, -0.1) is 0 Å². The molecule has 2 aromatic rings. The van der Waals surface area contributed by atoms with E-state index in [1.165, 1.54) is 31.4 Å². The second-order valence-corrected chi connectivity index (χ2v) is 8.09. The van der Waals surface area contributed by atoms with Crippen LogP contribution in [0.15, 0.2) is 29.3 Å². The van der Waals surface area contributed by atoms with Gasteiger partial charge in [0.15, 0.2) is 5.96 Å². The summed E-state index contributed by atoms with van der Waals surface area (Å²) in [4.78, 5) is 11.7. The number of benzene rings is 1. The Balaban J connectivity index is 1.45. The number of para-hydroxylation sites is 2. The predicted molar refractivity (Wildman–Crippen MR) is 118 cm³/mol. The van der Waals surface area contributed by atoms with Gasteiger partial charge >= 0.3 is 0 Å². The van der Waals surface area contributed by atoms with Gasteiger partial charge in [-0.1, -0.05) is 26.0 Å². The molecule has 0 saturated carbocycles. The molecule has 0 spiro atoms. The number of fused-ring (bicyclic) bond motifs is 1. The molecule has 1 saturated heterocycles. The molecule has 0 aliphatic carbocycles. The molecule has 1 fully saturated rings. The van der Waals surface area contributed by atoms with Crippen molar-refractivity contribution in [1.29, 1.82) is 0 Å². The summed E-state index contributed by atoms with van der Waals surface area (Å²) in [6.07, 6.45) is 3.69. The second-order valence-electron chi connectivity index (χ2n) is 8.09. The minimum Gasteiger partial charge on any atom is -0.356 e. The summed E-state index contributed by atoms with van der Waals surface area (Å²) in [7, 11) is 1.85. The molecule has 1 aromatic carbocycles. The van der Waals surface area contributed by atoms with E-state index in [0.717, 1.165) is 43.4 Å². The van der Waals surface area contributed by atoms with Gasteiger partial charge in [-0.3, -0.25) is 9.89 Å². The number of hydrogen-bond acceptors (Lipinski definition) is 3. The molecule has 6 heteroatoms. The van der Waals surface area contributed by atoms with E-state index in [9.17, 15) is 0 Å². The molecule has 3 rings (SSSR count). The Morgan fingerprint density at radius 3 is 2.64 bits per heavy atom. The van der Waals surface area contributed by atoms with Crippen LogP contribution >= 0.6 is 0 Å². The first-order valence-corrected chi connectivity index (χ1v) is 10.7. The van der Waals surface area contributed by atoms with Crippen LogP contribution < -0.4 is 10.6 Å². The highest BCUT2D eigenvalue weighted by Gasteiger charge is 2.24. The van der Waals surface area contributed by atoms with Crippen LogP contribution in [0.25, 0.3) is 11.0 Å². The predicted octanol–water partition coefficient (Wildman–Crippen LogP) is 3.02. The van der Waals surface area contributed by atoms with E-state index >= 15 is 0 Å². The number of nitrogens with one attached hydrogen (secondary N) is 2. The van der Waals surface area contributed by atoms with Gasteiger partial charge in [0.25, 0.3) is 0 Å². The van der Waals surface area contributed by atoms with Crippen LogP contribution in [0.5, 0.6) is 0 Å². The summed E-state index contributed by atoms with van der Waals surface area (Å²) in [6, 6.07) is 8.92. The van der Waals surface area contributed by atoms with Crippen LogP contribution in [0.2, 0.25) is 0 Å². The third-order valence-corrected chi connectivity index (χ3v) is 5.78. The standard InChI is InChI=1S/C22H36N6/c1-17(2)21(27-13-7-8-14-27)16-25-22(23-4)24-12-9-15-28-18(3)26-19-10-5-6-11-20(19)28/h5-6,10-11,17,21H,7-9,12-16H2,1-4H3,(H2,23,24,25). The Morgan fingerprint density at radius 1 is 1.18 bits per heavy atom. The van der Waals surface area contributed by atoms with Crippen molar-refractivity contribution < 1.29 is 0 Å². The van der Waals surface area contributed by atoms with Crippen molar-refractivity contribution in [2.24, 2.45) is 10.9 Å². The number of hydrogen-bond donors (Lipinski definition) is 2. The van der Waals surface area contributed by atoms with E-state index in [1.54, 1.807) is 0 Å². The molecule has 2 heterocycles. The molecule has 1 aliphatic heterocycles. The van der Waals surface area contributed by atoms with Crippen molar-refractivity contribution in [3.8, 4) is 0 Å². The normalized spacial score (nSPS) is 16.8. The molecule has 0 amide bonds. The Labute approximate surface area is 169 Å². The Hall–Kier alpha value is -2.08. The van der Waals surface area contributed by atoms with E-state index in [-0.39, 0.29) is 0 Å². The number of imidazole rings is 1. The van der Waals surface area contributed by atoms with Crippen molar-refractivity contribution in [3.63, 3.8) is 0 Å². The molecule has 0 bridgehead atoms. The van der Waals surface area contributed by atoms with Crippen LogP contribution in [0.4, 0.5) is 0 Å². The highest BCUT2D eigenvalue weighted by atomic mass is 15.2. The van der Waals surface area contributed by atoms with Crippen molar-refractivity contribution in [1.82, 2.24) is 25.1 Å². The van der Waals surface area contributed by atoms with Crippen molar-refractivity contribution >= 4 is 17.0 Å². The minimum atomic E-state index is 0.570. The average molecular weight is 385 g/mol. The summed E-state index contributed by atoms with van der Waals surface area (Å²) in [6.45, 7) is 12.0. The summed E-state index contributed by atoms with van der Waals surface area (Å²) in [5.74, 6) is 2.62. The fourth-order valence-electron chi connectivity index (χ4n) is 4.20. The molecule has 2 N–H and O–H groups in total. The van der Waals surface area contributed by atoms with Gasteiger partial charge in [-0.05, 0) is 57.3 Å². The first-order valence-electron chi connectivity index (χ1n) is 10.7. The van der Waals surface area contributed by atoms with E-state index < -0.39 is 0 Å². The molecule has 28 heavy (non-hydrogen) atoms. The first kappa shape index (κ1) is 20.6. The fraction of sp³-hybridized carbons (Fsp3) is 0.636. The SMILES string of the molecule is CN=C(NCCCn1c(C)nc2ccccc21)NCC(C(C)C)N1CCCC1. The number of aliphatic imine (C=N–C) groups is 1. The third-order valence-electron chi connectivity index (χ3n) is 5.78. The third kappa shape index (κ3) is 5.04. The minimum absolute atomic E-state index is 0.570. The lowest BCUT2D eigenvalue weighted by atomic mass is 10.0. The number of aryl methyl sites for hydroxylation is 2. The van der Waals surface area contributed by atoms with Gasteiger partial charge in [0.1, 0.15) is 5.82 Å². The molecule has 154 valence electrons. The van der Waals surface area contributed by atoms with E-state index in [0.29, 0.717) is 12.0 Å². The van der Waals surface area contributed by atoms with Crippen LogP contribution in [0.1, 0.15) is 38.9 Å². The zero-order valence-electron chi connectivity index (χ0n) is 17.9. The smallest absolute Gasteiger partial charge is 0.191 e. The van der Waals surface area contributed by atoms with Gasteiger partial charge in [0.2, 0.25) is 0 Å². The zero-order valence-corrected chi connectivity index (χ0v) is 17.9. The highest BCUT2D eigenvalue weighted by Crippen LogP contribution is 2.17. The first-order chi connectivity index (χ1) is 13.6. The maximum absolute atomic E-state index is 4.65. The lowest BCUT2D eigenvalue weighted by Gasteiger charge is -2.31. The zero-order chi connectivity index (χ0) is 19.9. The number of rotatable bonds is 8. The van der Waals surface area contributed by atoms with Crippen LogP contribution in [-0.2, 0) is 6.54 Å². The average Bonchev–Trinajstić information content (AvgIpc) is 3.31. The van der Waals surface area contributed by atoms with Gasteiger partial charge in [0.05, 0.1) is 11.0 Å². The largest absolute Gasteiger partial charge is 0.356 e. The molecule has 1 aromatic heterocycles. The molecular formula is C22H36N6. The summed E-state index contributed by atoms with van der Waals surface area (Å²) < 4.78 is 2.30. The molecule has 1 atom stereocenters. The van der Waals surface area contributed by atoms with E-state index in [1.807, 2.05) is 13.1 Å². The molecule has 1 aliphatic rings. The van der Waals surface area contributed by atoms with Gasteiger partial charge in [0, 0.05) is 32.7 Å². The maximum atomic E-state index is 4.65. The lowest BCUT2D eigenvalue weighted by molar-refractivity contribution is 0.192. The molecule has 1 unspecified atom stereocenters. The summed E-state index contributed by atoms with van der Waals surface area (Å²) in [5.41, 5.74) is 2.29. The molecular weight excluding hydrogens is 348 g/mol. The Morgan fingerprint density at radius 2 is 1.93 bits per heavy atom. The van der Waals surface area contributed by atoms with Crippen molar-refractivity contribution in [3.05, 3.63) is 30.1 Å². The quantitative estimate of drug-likeness (QED) is 0.417. The van der Waals surface area contributed by atoms with Crippen LogP contribution in [0.3, 0.4) is 0 Å². The number of guanidine groups is 1. The van der Waals surface area contributed by atoms with Crippen LogP contribution in [0, 0.1) is 12.8 Å². The van der Waals surface area contributed by atoms with Crippen molar-refractivity contribution in [2.45, 2.75) is 52.6 Å². The molecule has 6 nitrogen and oxygen atoms in total. The van der Waals surface area contributed by atoms with Crippen molar-refractivity contribution in [2.75, 3.05) is 33.2 Å². The number of likely N-dealkylation sites (tertiary alicyclic amines) is 1. The monoisotopic (exact) mass is 384 g/mol. The van der Waals surface area contributed by atoms with Gasteiger partial charge in [-0.25, -0.2) is 4.98 Å². The maximum Gasteiger partial charge on any atom is 0.191 e. The van der Waals surface area contributed by atoms with Crippen LogP contribution in [-0.4, -0.2) is 59.7 Å². The Kier molecular flexibility index (Phi) is 7.31. The fourth-order valence-corrected chi connectivity index (χ4v) is 4.20. The topological polar surface area (TPSA) is 57.5 Å². The van der Waals surface area contributed by atoms with Gasteiger partial charge in [-0.2, -0.15) is 0 Å². The molecule has 0 radical (unpaired) electrons. The van der Waals surface area contributed by atoms with E-state index in [2.05, 4.69) is 69.0 Å². The van der Waals surface area contributed by atoms with Gasteiger partial charge < -0.3 is 15.2 Å². The summed E-state index contributed by atoms with van der Waals surface area (Å²) >= 11 is 0. The lowest BCUT2D eigenvalue weighted by Crippen LogP contribution is -2.48.